The van der Waals surface area contributed by atoms with E-state index in [1.165, 1.54) is 7.11 Å². The number of nitrogens with zero attached hydrogens (tertiary/aromatic N) is 3. The van der Waals surface area contributed by atoms with Gasteiger partial charge >= 0.3 is 5.97 Å². The fourth-order valence-corrected chi connectivity index (χ4v) is 4.39. The van der Waals surface area contributed by atoms with Crippen molar-refractivity contribution in [3.63, 3.8) is 0 Å². The summed E-state index contributed by atoms with van der Waals surface area (Å²) in [4.78, 5) is 28.8. The second-order valence-electron chi connectivity index (χ2n) is 9.05. The molecule has 1 atom stereocenters. The molecular weight excluding hydrogens is 482 g/mol. The van der Waals surface area contributed by atoms with Crippen molar-refractivity contribution in [2.24, 2.45) is 0 Å². The second kappa shape index (κ2) is 12.9. The molecule has 1 saturated heterocycles. The van der Waals surface area contributed by atoms with Gasteiger partial charge in [-0.2, -0.15) is 5.26 Å². The van der Waals surface area contributed by atoms with Crippen molar-refractivity contribution in [1.29, 1.82) is 5.26 Å². The molecule has 0 N–H and O–H groups in total. The van der Waals surface area contributed by atoms with Crippen LogP contribution in [0.15, 0.2) is 72.8 Å². The molecule has 0 aromatic heterocycles. The minimum Gasteiger partial charge on any atom is -0.497 e. The highest BCUT2D eigenvalue weighted by molar-refractivity contribution is 5.96. The van der Waals surface area contributed by atoms with E-state index < -0.39 is 5.97 Å². The predicted molar refractivity (Wildman–Crippen MR) is 142 cm³/mol. The Kier molecular flexibility index (Phi) is 9.09. The number of amides is 1. The van der Waals surface area contributed by atoms with Crippen LogP contribution in [0.2, 0.25) is 0 Å². The van der Waals surface area contributed by atoms with E-state index in [1.807, 2.05) is 41.3 Å². The summed E-state index contributed by atoms with van der Waals surface area (Å²) in [6.07, 6.45) is -0.200. The number of carbonyl (C=O) groups excluding carboxylic acids is 2. The van der Waals surface area contributed by atoms with Crippen molar-refractivity contribution in [3.05, 3.63) is 101 Å². The molecule has 1 unspecified atom stereocenters. The molecule has 1 heterocycles. The van der Waals surface area contributed by atoms with Crippen LogP contribution in [0.3, 0.4) is 0 Å². The van der Waals surface area contributed by atoms with Crippen LogP contribution in [-0.2, 0) is 16.1 Å². The van der Waals surface area contributed by atoms with Gasteiger partial charge in [-0.15, -0.1) is 0 Å². The standard InChI is InChI=1S/C30H31N3O5/c1-36-27-5-3-4-26(18-27)28(38-21-23-8-6-22(19-31)7-9-23)20-32-14-16-33(17-15-32)29(34)24-10-12-25(13-11-24)30(35)37-2/h3-13,18,28H,14-17,20-21H2,1-2H3. The normalized spacial score (nSPS) is 14.4. The van der Waals surface area contributed by atoms with E-state index in [2.05, 4.69) is 11.0 Å². The molecule has 8 nitrogen and oxygen atoms in total. The molecule has 3 aromatic carbocycles. The van der Waals surface area contributed by atoms with Crippen LogP contribution < -0.4 is 4.74 Å². The Labute approximate surface area is 222 Å². The lowest BCUT2D eigenvalue weighted by atomic mass is 10.1. The van der Waals surface area contributed by atoms with Gasteiger partial charge < -0.3 is 19.1 Å². The number of rotatable bonds is 9. The molecule has 8 heteroatoms. The van der Waals surface area contributed by atoms with E-state index in [0.717, 1.165) is 16.9 Å². The summed E-state index contributed by atoms with van der Waals surface area (Å²) in [6, 6.07) is 24.0. The molecule has 3 aromatic rings. The first kappa shape index (κ1) is 26.9. The van der Waals surface area contributed by atoms with Crippen molar-refractivity contribution in [2.75, 3.05) is 46.9 Å². The zero-order valence-corrected chi connectivity index (χ0v) is 21.6. The van der Waals surface area contributed by atoms with Crippen molar-refractivity contribution in [2.45, 2.75) is 12.7 Å². The highest BCUT2D eigenvalue weighted by Crippen LogP contribution is 2.25. The minimum atomic E-state index is -0.426. The maximum Gasteiger partial charge on any atom is 0.337 e. The average molecular weight is 514 g/mol. The molecule has 0 radical (unpaired) electrons. The number of esters is 1. The lowest BCUT2D eigenvalue weighted by molar-refractivity contribution is 0.00333. The number of carbonyl (C=O) groups is 2. The van der Waals surface area contributed by atoms with Crippen LogP contribution in [0.5, 0.6) is 5.75 Å². The van der Waals surface area contributed by atoms with E-state index in [4.69, 9.17) is 19.5 Å². The predicted octanol–water partition coefficient (Wildman–Crippen LogP) is 4.07. The quantitative estimate of drug-likeness (QED) is 0.398. The number of methoxy groups -OCH3 is 2. The summed E-state index contributed by atoms with van der Waals surface area (Å²) in [5, 5.41) is 9.04. The fraction of sp³-hybridized carbons (Fsp3) is 0.300. The van der Waals surface area contributed by atoms with Gasteiger partial charge in [0, 0.05) is 38.3 Å². The van der Waals surface area contributed by atoms with E-state index >= 15 is 0 Å². The first-order valence-corrected chi connectivity index (χ1v) is 12.5. The van der Waals surface area contributed by atoms with Crippen molar-refractivity contribution in [3.8, 4) is 11.8 Å². The van der Waals surface area contributed by atoms with Gasteiger partial charge in [-0.25, -0.2) is 4.79 Å². The second-order valence-corrected chi connectivity index (χ2v) is 9.05. The Bertz CT molecular complexity index is 1280. The van der Waals surface area contributed by atoms with Crippen LogP contribution in [0, 0.1) is 11.3 Å². The molecule has 0 bridgehead atoms. The van der Waals surface area contributed by atoms with E-state index in [0.29, 0.717) is 56.0 Å². The van der Waals surface area contributed by atoms with Crippen LogP contribution in [0.4, 0.5) is 0 Å². The molecule has 0 aliphatic carbocycles. The smallest absolute Gasteiger partial charge is 0.337 e. The Morgan fingerprint density at radius 3 is 2.24 bits per heavy atom. The lowest BCUT2D eigenvalue weighted by Crippen LogP contribution is -2.49. The molecule has 1 aliphatic heterocycles. The third-order valence-electron chi connectivity index (χ3n) is 6.64. The van der Waals surface area contributed by atoms with Gasteiger partial charge in [0.25, 0.3) is 5.91 Å². The summed E-state index contributed by atoms with van der Waals surface area (Å²) in [5.74, 6) is 0.287. The maximum absolute atomic E-state index is 13.0. The van der Waals surface area contributed by atoms with E-state index in [1.54, 1.807) is 43.5 Å². The third-order valence-corrected chi connectivity index (χ3v) is 6.64. The Morgan fingerprint density at radius 2 is 1.61 bits per heavy atom. The molecule has 1 fully saturated rings. The van der Waals surface area contributed by atoms with Crippen molar-refractivity contribution >= 4 is 11.9 Å². The summed E-state index contributed by atoms with van der Waals surface area (Å²) in [5.41, 5.74) is 3.59. The largest absolute Gasteiger partial charge is 0.497 e. The van der Waals surface area contributed by atoms with Crippen molar-refractivity contribution < 1.29 is 23.8 Å². The number of hydrogen-bond donors (Lipinski definition) is 0. The van der Waals surface area contributed by atoms with Gasteiger partial charge in [0.15, 0.2) is 0 Å². The number of benzene rings is 3. The van der Waals surface area contributed by atoms with Gasteiger partial charge in [-0.1, -0.05) is 24.3 Å². The summed E-state index contributed by atoms with van der Waals surface area (Å²) >= 11 is 0. The lowest BCUT2D eigenvalue weighted by Gasteiger charge is -2.36. The molecule has 38 heavy (non-hydrogen) atoms. The highest BCUT2D eigenvalue weighted by Gasteiger charge is 2.25. The van der Waals surface area contributed by atoms with Gasteiger partial charge in [0.05, 0.1) is 44.1 Å². The maximum atomic E-state index is 13.0. The van der Waals surface area contributed by atoms with E-state index in [-0.39, 0.29) is 12.0 Å². The topological polar surface area (TPSA) is 92.1 Å². The SMILES string of the molecule is COC(=O)c1ccc(C(=O)N2CCN(CC(OCc3ccc(C#N)cc3)c3cccc(OC)c3)CC2)cc1. The molecule has 0 spiro atoms. The monoisotopic (exact) mass is 513 g/mol. The zero-order chi connectivity index (χ0) is 26.9. The van der Waals surface area contributed by atoms with Gasteiger partial charge in [-0.3, -0.25) is 9.69 Å². The molecule has 1 amide bonds. The Morgan fingerprint density at radius 1 is 0.921 bits per heavy atom. The Balaban J connectivity index is 1.38. The van der Waals surface area contributed by atoms with Crippen LogP contribution in [-0.4, -0.2) is 68.6 Å². The number of ether oxygens (including phenoxy) is 3. The average Bonchev–Trinajstić information content (AvgIpc) is 2.99. The molecular formula is C30H31N3O5. The summed E-state index contributed by atoms with van der Waals surface area (Å²) in [7, 11) is 2.97. The molecule has 196 valence electrons. The summed E-state index contributed by atoms with van der Waals surface area (Å²) < 4.78 is 16.5. The fourth-order valence-electron chi connectivity index (χ4n) is 4.39. The summed E-state index contributed by atoms with van der Waals surface area (Å²) in [6.45, 7) is 3.70. The van der Waals surface area contributed by atoms with Crippen LogP contribution in [0.25, 0.3) is 0 Å². The number of nitriles is 1. The zero-order valence-electron chi connectivity index (χ0n) is 21.6. The number of piperazine rings is 1. The van der Waals surface area contributed by atoms with Gasteiger partial charge in [0.1, 0.15) is 5.75 Å². The first-order chi connectivity index (χ1) is 18.5. The molecule has 1 aliphatic rings. The molecule has 4 rings (SSSR count). The number of hydrogen-bond acceptors (Lipinski definition) is 7. The highest BCUT2D eigenvalue weighted by atomic mass is 16.5. The van der Waals surface area contributed by atoms with Crippen LogP contribution in [0.1, 0.15) is 43.5 Å². The van der Waals surface area contributed by atoms with Crippen LogP contribution >= 0.6 is 0 Å². The van der Waals surface area contributed by atoms with Gasteiger partial charge in [0.2, 0.25) is 0 Å². The third kappa shape index (κ3) is 6.76. The Hall–Kier alpha value is -4.19. The van der Waals surface area contributed by atoms with Crippen molar-refractivity contribution in [1.82, 2.24) is 9.80 Å². The first-order valence-electron chi connectivity index (χ1n) is 12.5. The minimum absolute atomic E-state index is 0.0533. The molecule has 0 saturated carbocycles. The van der Waals surface area contributed by atoms with Gasteiger partial charge in [-0.05, 0) is 59.7 Å². The van der Waals surface area contributed by atoms with E-state index in [9.17, 15) is 9.59 Å².